The number of benzene rings is 4. The van der Waals surface area contributed by atoms with E-state index in [-0.39, 0.29) is 21.9 Å². The van der Waals surface area contributed by atoms with E-state index < -0.39 is 149 Å². The van der Waals surface area contributed by atoms with Crippen LogP contribution >= 0.6 is 0 Å². The van der Waals surface area contributed by atoms with E-state index in [0.717, 1.165) is 36.5 Å². The molecular formula is C41H13F15N4. The first-order valence-electron chi connectivity index (χ1n) is 16.8. The minimum absolute atomic E-state index is 0.0178. The molecule has 0 atom stereocenters. The van der Waals surface area contributed by atoms with E-state index in [1.54, 1.807) is 0 Å². The van der Waals surface area contributed by atoms with E-state index in [9.17, 15) is 39.5 Å². The maximum Gasteiger partial charge on any atom is 0.200 e. The highest BCUT2D eigenvalue weighted by molar-refractivity contribution is 6.10. The molecule has 5 heterocycles. The molecule has 8 aromatic rings. The Bertz CT molecular complexity index is 3310. The van der Waals surface area contributed by atoms with Crippen LogP contribution in [0, 0.1) is 87.3 Å². The molecule has 4 aromatic carbocycles. The Labute approximate surface area is 322 Å². The maximum absolute atomic E-state index is 15.9. The Morgan fingerprint density at radius 2 is 0.717 bits per heavy atom. The molecule has 4 nitrogen and oxygen atoms in total. The second-order valence-electron chi connectivity index (χ2n) is 13.1. The highest BCUT2D eigenvalue weighted by atomic mass is 19.2. The standard InChI is InChI=1S/C41H13F15N4/c42-27-24(28(43)34(49)39(54)33(27)48)21-13-11-60(19-4-2-1-3-12(13)19)20-10-9-18(59-20)23(26-31(46)37(52)41(56)38(53)32(26)47)17-8-7-16(58-17)22(15-6-5-14(21)57-15)25-29(44)35(50)40(55)36(51)30(25)45/h1-11,57,59H. The second-order valence-corrected chi connectivity index (χ2v) is 13.1. The van der Waals surface area contributed by atoms with Crippen molar-refractivity contribution in [1.82, 2.24) is 19.4 Å². The number of para-hydroxylation sites is 1. The zero-order valence-corrected chi connectivity index (χ0v) is 28.9. The predicted octanol–water partition coefficient (Wildman–Crippen LogP) is 12.7. The molecule has 1 aliphatic rings. The van der Waals surface area contributed by atoms with Gasteiger partial charge in [0.1, 0.15) is 5.65 Å². The Balaban J connectivity index is 1.60. The van der Waals surface area contributed by atoms with Gasteiger partial charge in [0.15, 0.2) is 69.8 Å². The first-order chi connectivity index (χ1) is 28.5. The molecule has 0 spiro atoms. The van der Waals surface area contributed by atoms with Gasteiger partial charge in [0.2, 0.25) is 17.5 Å². The van der Waals surface area contributed by atoms with Crippen molar-refractivity contribution >= 4 is 50.6 Å². The fraction of sp³-hybridized carbons (Fsp3) is 0. The summed E-state index contributed by atoms with van der Waals surface area (Å²) < 4.78 is 228. The first-order valence-corrected chi connectivity index (χ1v) is 16.8. The summed E-state index contributed by atoms with van der Waals surface area (Å²) >= 11 is 0. The molecule has 302 valence electrons. The van der Waals surface area contributed by atoms with Crippen molar-refractivity contribution in [3.8, 4) is 33.4 Å². The zero-order chi connectivity index (χ0) is 42.8. The van der Waals surface area contributed by atoms with Crippen LogP contribution in [0.5, 0.6) is 0 Å². The summed E-state index contributed by atoms with van der Waals surface area (Å²) in [5.74, 6) is -36.5. The number of H-pyrrole nitrogens is 2. The van der Waals surface area contributed by atoms with Crippen LogP contribution in [0.2, 0.25) is 0 Å². The van der Waals surface area contributed by atoms with Gasteiger partial charge in [-0.3, -0.25) is 0 Å². The molecule has 1 aliphatic heterocycles. The monoisotopic (exact) mass is 846 g/mol. The summed E-state index contributed by atoms with van der Waals surface area (Å²) in [5.41, 5.74) is -10.8. The number of rotatable bonds is 3. The summed E-state index contributed by atoms with van der Waals surface area (Å²) in [5, 5.41) is -0.299. The summed E-state index contributed by atoms with van der Waals surface area (Å²) in [6.07, 6.45) is 2.77. The third-order valence-corrected chi connectivity index (χ3v) is 9.94. The lowest BCUT2D eigenvalue weighted by Crippen LogP contribution is -2.05. The SMILES string of the molecule is Fc1c(F)c(F)c(-c2c3nc(c(-c4c(F)c(F)c(F)c(F)c4F)c4ccc([nH]4)n4cc(c(-c5c(F)c(F)c(F)c(F)c5F)c5ccc2[nH]5)c2ccccc24)C=C3)c(F)c1F. The smallest absolute Gasteiger partial charge is 0.200 e. The average Bonchev–Trinajstić information content (AvgIpc) is 4.08. The summed E-state index contributed by atoms with van der Waals surface area (Å²) in [6, 6.07) is 9.66. The maximum atomic E-state index is 15.9. The van der Waals surface area contributed by atoms with Crippen molar-refractivity contribution in [2.45, 2.75) is 0 Å². The van der Waals surface area contributed by atoms with Gasteiger partial charge < -0.3 is 14.4 Å². The van der Waals surface area contributed by atoms with Gasteiger partial charge in [-0.15, -0.1) is 0 Å². The molecule has 0 aliphatic carbocycles. The topological polar surface area (TPSA) is 48.9 Å². The number of fused-ring (bicyclic) bond motifs is 12. The van der Waals surface area contributed by atoms with Crippen molar-refractivity contribution in [2.75, 3.05) is 0 Å². The first kappa shape index (κ1) is 38.3. The number of hydrogen-bond donors (Lipinski definition) is 2. The van der Waals surface area contributed by atoms with Gasteiger partial charge in [-0.25, -0.2) is 70.8 Å². The van der Waals surface area contributed by atoms with E-state index in [2.05, 4.69) is 15.0 Å². The van der Waals surface area contributed by atoms with E-state index >= 15 is 26.3 Å². The number of nitrogens with one attached hydrogen (secondary N) is 2. The predicted molar refractivity (Wildman–Crippen MR) is 187 cm³/mol. The second kappa shape index (κ2) is 13.4. The third kappa shape index (κ3) is 5.26. The summed E-state index contributed by atoms with van der Waals surface area (Å²) in [7, 11) is 0. The van der Waals surface area contributed by atoms with Crippen LogP contribution in [0.25, 0.3) is 84.0 Å². The van der Waals surface area contributed by atoms with Crippen LogP contribution in [0.1, 0.15) is 11.4 Å². The average molecular weight is 847 g/mol. The lowest BCUT2D eigenvalue weighted by Gasteiger charge is -2.11. The normalized spacial score (nSPS) is 12.2. The minimum atomic E-state index is -2.60. The number of aromatic amines is 2. The molecule has 2 N–H and O–H groups in total. The molecule has 0 saturated heterocycles. The van der Waals surface area contributed by atoms with Crippen LogP contribution in [-0.4, -0.2) is 19.4 Å². The van der Waals surface area contributed by atoms with Crippen molar-refractivity contribution in [2.24, 2.45) is 0 Å². The summed E-state index contributed by atoms with van der Waals surface area (Å²) in [4.78, 5) is 9.32. The van der Waals surface area contributed by atoms with Crippen LogP contribution in [0.4, 0.5) is 65.9 Å². The molecule has 0 radical (unpaired) electrons. The Kier molecular flexibility index (Phi) is 8.58. The highest BCUT2D eigenvalue weighted by Gasteiger charge is 2.33. The Hall–Kier alpha value is -7.18. The molecule has 0 amide bonds. The van der Waals surface area contributed by atoms with Crippen LogP contribution in [0.15, 0.2) is 54.7 Å². The Morgan fingerprint density at radius 1 is 0.350 bits per heavy atom. The van der Waals surface area contributed by atoms with Gasteiger partial charge in [0.05, 0.1) is 39.1 Å². The van der Waals surface area contributed by atoms with Crippen molar-refractivity contribution in [3.63, 3.8) is 0 Å². The Morgan fingerprint density at radius 3 is 1.18 bits per heavy atom. The van der Waals surface area contributed by atoms with E-state index in [1.807, 2.05) is 0 Å². The molecule has 8 bridgehead atoms. The molecule has 0 fully saturated rings. The molecule has 0 saturated carbocycles. The number of hydrogen-bond acceptors (Lipinski definition) is 1. The van der Waals surface area contributed by atoms with Crippen molar-refractivity contribution in [3.05, 3.63) is 153 Å². The molecule has 19 heteroatoms. The molecule has 4 aromatic heterocycles. The van der Waals surface area contributed by atoms with Crippen LogP contribution < -0.4 is 0 Å². The van der Waals surface area contributed by atoms with Crippen LogP contribution in [0.3, 0.4) is 0 Å². The summed E-state index contributed by atoms with van der Waals surface area (Å²) in [6.45, 7) is 0. The van der Waals surface area contributed by atoms with Gasteiger partial charge in [-0.05, 0) is 42.5 Å². The largest absolute Gasteiger partial charge is 0.354 e. The van der Waals surface area contributed by atoms with E-state index in [0.29, 0.717) is 0 Å². The molecule has 9 rings (SSSR count). The molecule has 60 heavy (non-hydrogen) atoms. The van der Waals surface area contributed by atoms with Gasteiger partial charge >= 0.3 is 0 Å². The third-order valence-electron chi connectivity index (χ3n) is 9.94. The molecular weight excluding hydrogens is 833 g/mol. The number of aromatic nitrogens is 4. The van der Waals surface area contributed by atoms with E-state index in [1.165, 1.54) is 34.7 Å². The van der Waals surface area contributed by atoms with Crippen LogP contribution in [-0.2, 0) is 0 Å². The molecule has 0 unspecified atom stereocenters. The number of nitrogens with zero attached hydrogens (tertiary/aromatic N) is 2. The quantitative estimate of drug-likeness (QED) is 0.104. The van der Waals surface area contributed by atoms with Crippen molar-refractivity contribution in [1.29, 1.82) is 0 Å². The lowest BCUT2D eigenvalue weighted by atomic mass is 9.99. The van der Waals surface area contributed by atoms with Crippen molar-refractivity contribution < 1.29 is 65.9 Å². The minimum Gasteiger partial charge on any atom is -0.354 e. The number of halogens is 15. The van der Waals surface area contributed by atoms with Gasteiger partial charge in [0.25, 0.3) is 0 Å². The fourth-order valence-corrected chi connectivity index (χ4v) is 7.26. The highest BCUT2D eigenvalue weighted by Crippen LogP contribution is 2.43. The van der Waals surface area contributed by atoms with Gasteiger partial charge in [0, 0.05) is 44.7 Å². The fourth-order valence-electron chi connectivity index (χ4n) is 7.26. The lowest BCUT2D eigenvalue weighted by molar-refractivity contribution is 0.381. The van der Waals surface area contributed by atoms with Gasteiger partial charge in [-0.2, -0.15) is 0 Å². The van der Waals surface area contributed by atoms with E-state index in [4.69, 9.17) is 0 Å². The van der Waals surface area contributed by atoms with Gasteiger partial charge in [-0.1, -0.05) is 18.2 Å². The zero-order valence-electron chi connectivity index (χ0n) is 28.9.